The fraction of sp³-hybridized carbons (Fsp3) is 0.364. The Hall–Kier alpha value is -1.10. The average Bonchev–Trinajstić information content (AvgIpc) is 2.67. The van der Waals surface area contributed by atoms with Gasteiger partial charge in [0.05, 0.1) is 5.69 Å². The van der Waals surface area contributed by atoms with Crippen LogP contribution in [0.1, 0.15) is 13.3 Å². The molecule has 0 spiro atoms. The monoisotopic (exact) mass is 285 g/mol. The molecule has 86 valence electrons. The van der Waals surface area contributed by atoms with Crippen LogP contribution >= 0.6 is 15.9 Å². The first-order chi connectivity index (χ1) is 7.70. The third-order valence-corrected chi connectivity index (χ3v) is 2.86. The maximum Gasteiger partial charge on any atom is 0.148 e. The Morgan fingerprint density at radius 3 is 3.00 bits per heavy atom. The molecule has 1 aromatic rings. The molecule has 5 heteroatoms. The standard InChI is InChI=1S/C11H13BrFN3/c1-2-5-16-8-15(7-14-16)11-4-3-9(12)6-10(11)13/h3-4,6-7H,2,5,8H2,1H3. The lowest BCUT2D eigenvalue weighted by molar-refractivity contribution is 0.319. The van der Waals surface area contributed by atoms with Crippen LogP contribution in [0.5, 0.6) is 0 Å². The second kappa shape index (κ2) is 4.82. The minimum Gasteiger partial charge on any atom is -0.308 e. The molecule has 1 heterocycles. The van der Waals surface area contributed by atoms with Crippen LogP contribution in [0.2, 0.25) is 0 Å². The summed E-state index contributed by atoms with van der Waals surface area (Å²) in [7, 11) is 0. The third kappa shape index (κ3) is 2.35. The Labute approximate surface area is 103 Å². The molecule has 0 aliphatic carbocycles. The Balaban J connectivity index is 2.12. The van der Waals surface area contributed by atoms with Gasteiger partial charge >= 0.3 is 0 Å². The maximum absolute atomic E-state index is 13.7. The van der Waals surface area contributed by atoms with Gasteiger partial charge in [-0.15, -0.1) is 0 Å². The molecular formula is C11H13BrFN3. The van der Waals surface area contributed by atoms with Gasteiger partial charge in [-0.25, -0.2) is 4.39 Å². The van der Waals surface area contributed by atoms with Gasteiger partial charge in [-0.2, -0.15) is 5.10 Å². The zero-order valence-electron chi connectivity index (χ0n) is 9.03. The van der Waals surface area contributed by atoms with Crippen molar-refractivity contribution in [3.63, 3.8) is 0 Å². The first kappa shape index (κ1) is 11.4. The van der Waals surface area contributed by atoms with Crippen molar-refractivity contribution in [3.8, 4) is 0 Å². The van der Waals surface area contributed by atoms with E-state index in [1.54, 1.807) is 17.3 Å². The van der Waals surface area contributed by atoms with Crippen molar-refractivity contribution in [1.82, 2.24) is 5.01 Å². The lowest BCUT2D eigenvalue weighted by atomic mass is 10.3. The van der Waals surface area contributed by atoms with E-state index in [-0.39, 0.29) is 5.82 Å². The van der Waals surface area contributed by atoms with Crippen LogP contribution in [-0.4, -0.2) is 24.6 Å². The summed E-state index contributed by atoms with van der Waals surface area (Å²) in [5.74, 6) is -0.237. The van der Waals surface area contributed by atoms with Crippen molar-refractivity contribution < 1.29 is 4.39 Å². The molecule has 3 nitrogen and oxygen atoms in total. The number of hydrazone groups is 1. The van der Waals surface area contributed by atoms with E-state index in [4.69, 9.17) is 0 Å². The fourth-order valence-electron chi connectivity index (χ4n) is 1.62. The van der Waals surface area contributed by atoms with Crippen molar-refractivity contribution in [2.45, 2.75) is 13.3 Å². The molecular weight excluding hydrogens is 273 g/mol. The van der Waals surface area contributed by atoms with E-state index in [2.05, 4.69) is 28.0 Å². The topological polar surface area (TPSA) is 18.8 Å². The van der Waals surface area contributed by atoms with E-state index >= 15 is 0 Å². The quantitative estimate of drug-likeness (QED) is 0.850. The molecule has 2 rings (SSSR count). The van der Waals surface area contributed by atoms with E-state index < -0.39 is 0 Å². The lowest BCUT2D eigenvalue weighted by Gasteiger charge is -2.18. The van der Waals surface area contributed by atoms with E-state index in [9.17, 15) is 4.39 Å². The zero-order valence-corrected chi connectivity index (χ0v) is 10.6. The number of anilines is 1. The van der Waals surface area contributed by atoms with Gasteiger partial charge in [-0.05, 0) is 24.6 Å². The highest BCUT2D eigenvalue weighted by atomic mass is 79.9. The third-order valence-electron chi connectivity index (χ3n) is 2.37. The summed E-state index contributed by atoms with van der Waals surface area (Å²) in [6.45, 7) is 3.61. The molecule has 0 unspecified atom stereocenters. The highest BCUT2D eigenvalue weighted by Gasteiger charge is 2.17. The Morgan fingerprint density at radius 1 is 1.50 bits per heavy atom. The molecule has 0 aromatic heterocycles. The van der Waals surface area contributed by atoms with Crippen molar-refractivity contribution >= 4 is 28.0 Å². The van der Waals surface area contributed by atoms with Gasteiger partial charge < -0.3 is 4.90 Å². The molecule has 1 aliphatic rings. The minimum atomic E-state index is -0.237. The van der Waals surface area contributed by atoms with Crippen LogP contribution in [0.25, 0.3) is 0 Å². The van der Waals surface area contributed by atoms with E-state index in [0.717, 1.165) is 17.4 Å². The number of halogens is 2. The first-order valence-electron chi connectivity index (χ1n) is 5.21. The summed E-state index contributed by atoms with van der Waals surface area (Å²) in [5, 5.41) is 6.12. The van der Waals surface area contributed by atoms with E-state index in [1.165, 1.54) is 6.07 Å². The van der Waals surface area contributed by atoms with Gasteiger partial charge in [-0.1, -0.05) is 22.9 Å². The number of benzene rings is 1. The summed E-state index contributed by atoms with van der Waals surface area (Å²) >= 11 is 3.24. The largest absolute Gasteiger partial charge is 0.308 e. The van der Waals surface area contributed by atoms with Crippen molar-refractivity contribution in [2.75, 3.05) is 18.1 Å². The average molecular weight is 286 g/mol. The van der Waals surface area contributed by atoms with Crippen molar-refractivity contribution in [3.05, 3.63) is 28.5 Å². The van der Waals surface area contributed by atoms with Gasteiger partial charge in [0, 0.05) is 11.0 Å². The first-order valence-corrected chi connectivity index (χ1v) is 6.00. The molecule has 0 saturated carbocycles. The van der Waals surface area contributed by atoms with E-state index in [0.29, 0.717) is 12.4 Å². The normalized spacial score (nSPS) is 14.9. The number of nitrogens with zero attached hydrogens (tertiary/aromatic N) is 3. The maximum atomic E-state index is 13.7. The van der Waals surface area contributed by atoms with Gasteiger partial charge in [0.1, 0.15) is 18.8 Å². The zero-order chi connectivity index (χ0) is 11.5. The summed E-state index contributed by atoms with van der Waals surface area (Å²) in [6.07, 6.45) is 2.70. The highest BCUT2D eigenvalue weighted by Crippen LogP contribution is 2.24. The molecule has 1 aromatic carbocycles. The SMILES string of the molecule is CCCN1CN(c2ccc(Br)cc2F)C=N1. The predicted molar refractivity (Wildman–Crippen MR) is 66.9 cm³/mol. The van der Waals surface area contributed by atoms with Gasteiger partial charge in [0.25, 0.3) is 0 Å². The molecule has 0 radical (unpaired) electrons. The van der Waals surface area contributed by atoms with Gasteiger partial charge in [0.2, 0.25) is 0 Å². The van der Waals surface area contributed by atoms with Crippen LogP contribution in [-0.2, 0) is 0 Å². The molecule has 0 N–H and O–H groups in total. The molecule has 0 amide bonds. The van der Waals surface area contributed by atoms with E-state index in [1.807, 2.05) is 11.1 Å². The lowest BCUT2D eigenvalue weighted by Crippen LogP contribution is -2.27. The Kier molecular flexibility index (Phi) is 3.43. The molecule has 1 aliphatic heterocycles. The van der Waals surface area contributed by atoms with Gasteiger partial charge in [-0.3, -0.25) is 5.01 Å². The molecule has 0 fully saturated rings. The predicted octanol–water partition coefficient (Wildman–Crippen LogP) is 3.02. The number of hydrogen-bond donors (Lipinski definition) is 0. The molecule has 0 saturated heterocycles. The summed E-state index contributed by atoms with van der Waals surface area (Å²) in [5.41, 5.74) is 0.561. The molecule has 16 heavy (non-hydrogen) atoms. The fourth-order valence-corrected chi connectivity index (χ4v) is 1.96. The van der Waals surface area contributed by atoms with Gasteiger partial charge in [0.15, 0.2) is 0 Å². The molecule has 0 atom stereocenters. The number of rotatable bonds is 3. The van der Waals surface area contributed by atoms with Crippen LogP contribution in [0.15, 0.2) is 27.8 Å². The highest BCUT2D eigenvalue weighted by molar-refractivity contribution is 9.10. The van der Waals surface area contributed by atoms with Crippen LogP contribution in [0.3, 0.4) is 0 Å². The van der Waals surface area contributed by atoms with Crippen LogP contribution in [0.4, 0.5) is 10.1 Å². The van der Waals surface area contributed by atoms with Crippen molar-refractivity contribution in [2.24, 2.45) is 5.10 Å². The van der Waals surface area contributed by atoms with Crippen LogP contribution < -0.4 is 4.90 Å². The number of hydrogen-bond acceptors (Lipinski definition) is 3. The second-order valence-corrected chi connectivity index (χ2v) is 4.58. The molecule has 0 bridgehead atoms. The smallest absolute Gasteiger partial charge is 0.148 e. The summed E-state index contributed by atoms with van der Waals surface area (Å²) in [6, 6.07) is 5.04. The second-order valence-electron chi connectivity index (χ2n) is 3.67. The summed E-state index contributed by atoms with van der Waals surface area (Å²) in [4.78, 5) is 1.80. The summed E-state index contributed by atoms with van der Waals surface area (Å²) < 4.78 is 14.4. The van der Waals surface area contributed by atoms with Crippen LogP contribution in [0, 0.1) is 5.82 Å². The Bertz CT molecular complexity index is 408. The minimum absolute atomic E-state index is 0.237. The van der Waals surface area contributed by atoms with Crippen molar-refractivity contribution in [1.29, 1.82) is 0 Å². The Morgan fingerprint density at radius 2 is 2.31 bits per heavy atom.